The van der Waals surface area contributed by atoms with Gasteiger partial charge in [-0.15, -0.1) is 0 Å². The molecule has 2 aromatic heterocycles. The lowest BCUT2D eigenvalue weighted by atomic mass is 10.0. The number of hydrogen-bond donors (Lipinski definition) is 1. The molecule has 8 aromatic rings. The summed E-state index contributed by atoms with van der Waals surface area (Å²) in [5, 5.41) is 7.91. The zero-order valence-electron chi connectivity index (χ0n) is 23.6. The van der Waals surface area contributed by atoms with Gasteiger partial charge in [0, 0.05) is 32.7 Å². The minimum absolute atomic E-state index is 0.247. The van der Waals surface area contributed by atoms with E-state index in [1.807, 2.05) is 78.9 Å². The van der Waals surface area contributed by atoms with Crippen molar-refractivity contribution in [3.05, 3.63) is 156 Å². The quantitative estimate of drug-likeness (QED) is 0.230. The van der Waals surface area contributed by atoms with E-state index in [-0.39, 0.29) is 6.17 Å². The fourth-order valence-electron chi connectivity index (χ4n) is 6.13. The molecule has 0 bridgehead atoms. The highest BCUT2D eigenvalue weighted by molar-refractivity contribution is 6.15. The first-order chi connectivity index (χ1) is 21.8. The van der Waals surface area contributed by atoms with Crippen LogP contribution in [0, 0.1) is 0 Å². The fourth-order valence-corrected chi connectivity index (χ4v) is 6.13. The van der Waals surface area contributed by atoms with Crippen molar-refractivity contribution >= 4 is 55.5 Å². The van der Waals surface area contributed by atoms with Gasteiger partial charge in [0.1, 0.15) is 34.3 Å². The zero-order chi connectivity index (χ0) is 29.0. The Bertz CT molecular complexity index is 2420. The summed E-state index contributed by atoms with van der Waals surface area (Å²) in [5.41, 5.74) is 8.73. The summed E-state index contributed by atoms with van der Waals surface area (Å²) in [5.74, 6) is 1.48. The summed E-state index contributed by atoms with van der Waals surface area (Å²) in [6, 6.07) is 47.6. The number of para-hydroxylation sites is 1. The van der Waals surface area contributed by atoms with Gasteiger partial charge < -0.3 is 14.2 Å². The molecule has 1 unspecified atom stereocenters. The normalized spacial score (nSPS) is 15.0. The smallest absolute Gasteiger partial charge is 0.159 e. The molecule has 0 spiro atoms. The first-order valence-corrected chi connectivity index (χ1v) is 14.7. The van der Waals surface area contributed by atoms with E-state index in [0.29, 0.717) is 5.84 Å². The molecule has 5 heteroatoms. The van der Waals surface area contributed by atoms with Crippen LogP contribution in [-0.4, -0.2) is 11.7 Å². The van der Waals surface area contributed by atoms with Gasteiger partial charge in [-0.25, -0.2) is 9.98 Å². The summed E-state index contributed by atoms with van der Waals surface area (Å²) in [7, 11) is 0. The summed E-state index contributed by atoms with van der Waals surface area (Å²) < 4.78 is 12.4. The van der Waals surface area contributed by atoms with E-state index in [1.165, 1.54) is 0 Å². The van der Waals surface area contributed by atoms with Crippen LogP contribution in [-0.2, 0) is 0 Å². The first kappa shape index (κ1) is 24.6. The van der Waals surface area contributed by atoms with Gasteiger partial charge in [0.15, 0.2) is 5.84 Å². The number of amidine groups is 2. The molecule has 0 saturated carbocycles. The van der Waals surface area contributed by atoms with E-state index in [1.54, 1.807) is 0 Å². The van der Waals surface area contributed by atoms with Crippen LogP contribution >= 0.6 is 0 Å². The van der Waals surface area contributed by atoms with Gasteiger partial charge in [0.25, 0.3) is 0 Å². The third kappa shape index (κ3) is 4.09. The van der Waals surface area contributed by atoms with Crippen LogP contribution in [0.3, 0.4) is 0 Å². The standard InChI is InChI=1S/C39H25N3O2/c1-3-9-24(10-4-1)37-40-38(25-11-5-2-6-12-25)42-39(41-37)28-17-20-35-32(22-28)30-18-15-27(23-36(30)44-35)26-16-19-34-31(21-26)29-13-7-8-14-33(29)43-34/h1-23,37H,(H,40,41,42). The molecule has 1 N–H and O–H groups in total. The molecule has 0 fully saturated rings. The molecule has 0 radical (unpaired) electrons. The van der Waals surface area contributed by atoms with E-state index >= 15 is 0 Å². The van der Waals surface area contributed by atoms with Crippen LogP contribution in [0.15, 0.2) is 158 Å². The summed E-state index contributed by atoms with van der Waals surface area (Å²) in [6.07, 6.45) is -0.247. The molecule has 208 valence electrons. The van der Waals surface area contributed by atoms with E-state index in [4.69, 9.17) is 18.8 Å². The second-order valence-electron chi connectivity index (χ2n) is 11.1. The van der Waals surface area contributed by atoms with Crippen molar-refractivity contribution in [1.29, 1.82) is 0 Å². The molecular weight excluding hydrogens is 542 g/mol. The number of rotatable bonds is 4. The Labute approximate surface area is 252 Å². The molecule has 6 aromatic carbocycles. The highest BCUT2D eigenvalue weighted by Crippen LogP contribution is 2.36. The number of fused-ring (bicyclic) bond motifs is 6. The number of hydrogen-bond acceptors (Lipinski definition) is 5. The summed E-state index contributed by atoms with van der Waals surface area (Å²) >= 11 is 0. The van der Waals surface area contributed by atoms with Crippen LogP contribution in [0.1, 0.15) is 22.9 Å². The van der Waals surface area contributed by atoms with Gasteiger partial charge in [-0.2, -0.15) is 0 Å². The molecule has 3 heterocycles. The van der Waals surface area contributed by atoms with Crippen molar-refractivity contribution < 1.29 is 8.83 Å². The highest BCUT2D eigenvalue weighted by Gasteiger charge is 2.22. The predicted molar refractivity (Wildman–Crippen MR) is 178 cm³/mol. The first-order valence-electron chi connectivity index (χ1n) is 14.7. The topological polar surface area (TPSA) is 63.0 Å². The van der Waals surface area contributed by atoms with Crippen LogP contribution in [0.25, 0.3) is 55.0 Å². The zero-order valence-corrected chi connectivity index (χ0v) is 23.6. The van der Waals surface area contributed by atoms with Gasteiger partial charge in [0.2, 0.25) is 0 Å². The molecule has 1 aliphatic heterocycles. The molecule has 1 aliphatic rings. The Morgan fingerprint density at radius 3 is 1.86 bits per heavy atom. The van der Waals surface area contributed by atoms with Crippen LogP contribution in [0.2, 0.25) is 0 Å². The minimum Gasteiger partial charge on any atom is -0.456 e. The SMILES string of the molecule is c1ccc(C2=NC(c3ccccc3)NC(c3ccc4oc5cc(-c6ccc7oc8ccccc8c7c6)ccc5c4c3)=N2)cc1. The third-order valence-corrected chi connectivity index (χ3v) is 8.34. The second-order valence-corrected chi connectivity index (χ2v) is 11.1. The Hall–Kier alpha value is -5.94. The molecule has 44 heavy (non-hydrogen) atoms. The third-order valence-electron chi connectivity index (χ3n) is 8.34. The maximum absolute atomic E-state index is 6.38. The maximum atomic E-state index is 6.38. The average Bonchev–Trinajstić information content (AvgIpc) is 3.66. The predicted octanol–water partition coefficient (Wildman–Crippen LogP) is 9.65. The van der Waals surface area contributed by atoms with Crippen molar-refractivity contribution in [2.75, 3.05) is 0 Å². The van der Waals surface area contributed by atoms with E-state index in [9.17, 15) is 0 Å². The Kier molecular flexibility index (Phi) is 5.50. The molecule has 0 aliphatic carbocycles. The Morgan fingerprint density at radius 1 is 0.455 bits per heavy atom. The van der Waals surface area contributed by atoms with Crippen molar-refractivity contribution in [2.24, 2.45) is 9.98 Å². The lowest BCUT2D eigenvalue weighted by Gasteiger charge is -2.23. The molecule has 0 amide bonds. The molecule has 5 nitrogen and oxygen atoms in total. The molecule has 9 rings (SSSR count). The van der Waals surface area contributed by atoms with Gasteiger partial charge in [-0.3, -0.25) is 0 Å². The lowest BCUT2D eigenvalue weighted by Crippen LogP contribution is -2.33. The minimum atomic E-state index is -0.247. The fraction of sp³-hybridized carbons (Fsp3) is 0.0256. The maximum Gasteiger partial charge on any atom is 0.159 e. The number of nitrogens with zero attached hydrogens (tertiary/aromatic N) is 2. The average molecular weight is 568 g/mol. The Morgan fingerprint density at radius 2 is 1.05 bits per heavy atom. The second kappa shape index (κ2) is 9.82. The largest absolute Gasteiger partial charge is 0.456 e. The van der Waals surface area contributed by atoms with Crippen LogP contribution < -0.4 is 5.32 Å². The van der Waals surface area contributed by atoms with Gasteiger partial charge in [-0.1, -0.05) is 91.0 Å². The number of aliphatic imine (C=N–C) groups is 2. The number of furan rings is 2. The molecule has 1 atom stereocenters. The van der Waals surface area contributed by atoms with Crippen LogP contribution in [0.4, 0.5) is 0 Å². The van der Waals surface area contributed by atoms with Gasteiger partial charge >= 0.3 is 0 Å². The number of benzene rings is 6. The van der Waals surface area contributed by atoms with Crippen molar-refractivity contribution in [3.63, 3.8) is 0 Å². The van der Waals surface area contributed by atoms with Crippen molar-refractivity contribution in [2.45, 2.75) is 6.17 Å². The van der Waals surface area contributed by atoms with E-state index in [2.05, 4.69) is 66.0 Å². The highest BCUT2D eigenvalue weighted by atomic mass is 16.3. The lowest BCUT2D eigenvalue weighted by molar-refractivity contribution is 0.668. The Balaban J connectivity index is 1.12. The van der Waals surface area contributed by atoms with E-state index in [0.717, 1.165) is 77.5 Å². The molecule has 0 saturated heterocycles. The van der Waals surface area contributed by atoms with Crippen molar-refractivity contribution in [1.82, 2.24) is 5.32 Å². The monoisotopic (exact) mass is 567 g/mol. The molecular formula is C39H25N3O2. The van der Waals surface area contributed by atoms with Gasteiger partial charge in [-0.05, 0) is 65.2 Å². The summed E-state index contributed by atoms with van der Waals surface area (Å²) in [6.45, 7) is 0. The van der Waals surface area contributed by atoms with Crippen molar-refractivity contribution in [3.8, 4) is 11.1 Å². The van der Waals surface area contributed by atoms with Gasteiger partial charge in [0.05, 0.1) is 0 Å². The summed E-state index contributed by atoms with van der Waals surface area (Å²) in [4.78, 5) is 9.95. The number of nitrogens with one attached hydrogen (secondary N) is 1. The van der Waals surface area contributed by atoms with E-state index < -0.39 is 0 Å². The van der Waals surface area contributed by atoms with Crippen LogP contribution in [0.5, 0.6) is 0 Å².